The molecule has 13 heteroatoms. The second-order valence-electron chi connectivity index (χ2n) is 14.4. The van der Waals surface area contributed by atoms with E-state index in [0.717, 1.165) is 28.1 Å². The van der Waals surface area contributed by atoms with Gasteiger partial charge in [0.15, 0.2) is 0 Å². The molecule has 3 aliphatic rings. The van der Waals surface area contributed by atoms with Crippen LogP contribution in [0.25, 0.3) is 33.4 Å². The summed E-state index contributed by atoms with van der Waals surface area (Å²) in [7, 11) is -8.42. The van der Waals surface area contributed by atoms with Crippen LogP contribution in [0, 0.1) is 26.7 Å². The molecule has 0 aromatic heterocycles. The van der Waals surface area contributed by atoms with Crippen LogP contribution in [0.15, 0.2) is 110 Å². The first-order valence-corrected chi connectivity index (χ1v) is 22.0. The normalized spacial score (nSPS) is 16.7. The van der Waals surface area contributed by atoms with Gasteiger partial charge in [-0.2, -0.15) is 12.7 Å². The lowest BCUT2D eigenvalue weighted by Crippen LogP contribution is -2.38. The van der Waals surface area contributed by atoms with E-state index in [-0.39, 0.29) is 48.1 Å². The molecule has 6 rings (SSSR count). The van der Waals surface area contributed by atoms with E-state index in [9.17, 15) is 21.4 Å². The highest BCUT2D eigenvalue weighted by atomic mass is 32.2. The van der Waals surface area contributed by atoms with Gasteiger partial charge in [0.2, 0.25) is 10.0 Å². The number of nitrogens with zero attached hydrogens (tertiary/aromatic N) is 2. The van der Waals surface area contributed by atoms with Crippen molar-refractivity contribution in [2.24, 2.45) is 10.9 Å². The molecule has 0 fully saturated rings. The fourth-order valence-corrected chi connectivity index (χ4v) is 9.88. The summed E-state index contributed by atoms with van der Waals surface area (Å²) in [6.45, 7) is 15.7. The largest absolute Gasteiger partial charge is 0.456 e. The van der Waals surface area contributed by atoms with Gasteiger partial charge >= 0.3 is 0 Å². The number of benzene rings is 4. The number of hydrogen-bond donors (Lipinski definition) is 2. The lowest BCUT2D eigenvalue weighted by Gasteiger charge is -2.28. The Bertz CT molecular complexity index is 2580. The molecule has 0 saturated carbocycles. The van der Waals surface area contributed by atoms with Crippen molar-refractivity contribution in [3.63, 3.8) is 0 Å². The summed E-state index contributed by atoms with van der Waals surface area (Å²) in [5.41, 5.74) is 7.93. The Morgan fingerprint density at radius 2 is 1.51 bits per heavy atom. The Labute approximate surface area is 335 Å². The van der Waals surface area contributed by atoms with E-state index in [1.165, 1.54) is 15.9 Å². The van der Waals surface area contributed by atoms with Gasteiger partial charge in [0.05, 0.1) is 29.5 Å². The third-order valence-corrected chi connectivity index (χ3v) is 13.0. The van der Waals surface area contributed by atoms with Crippen LogP contribution < -0.4 is 10.7 Å². The lowest BCUT2D eigenvalue weighted by molar-refractivity contribution is 0.111. The van der Waals surface area contributed by atoms with Crippen molar-refractivity contribution in [2.75, 3.05) is 44.8 Å². The molecule has 0 saturated heterocycles. The van der Waals surface area contributed by atoms with Gasteiger partial charge in [-0.15, -0.1) is 0 Å². The first-order chi connectivity index (χ1) is 27.1. The minimum atomic E-state index is -4.58. The minimum absolute atomic E-state index is 0.213. The Morgan fingerprint density at radius 3 is 2.14 bits per heavy atom. The number of rotatable bonds is 15. The van der Waals surface area contributed by atoms with Crippen LogP contribution in [0.1, 0.15) is 44.4 Å². The maximum Gasteiger partial charge on any atom is 0.295 e. The van der Waals surface area contributed by atoms with E-state index >= 15 is 0 Å². The van der Waals surface area contributed by atoms with Crippen molar-refractivity contribution in [3.8, 4) is 22.5 Å². The average Bonchev–Trinajstić information content (AvgIpc) is 3.15. The fourth-order valence-electron chi connectivity index (χ4n) is 7.53. The molecule has 57 heavy (non-hydrogen) atoms. The monoisotopic (exact) mass is 813 g/mol. The first-order valence-electron chi connectivity index (χ1n) is 19.1. The molecule has 1 aliphatic heterocycles. The predicted octanol–water partition coefficient (Wildman–Crippen LogP) is 8.57. The number of allylic oxidation sites excluding steroid dienone is 1. The van der Waals surface area contributed by atoms with E-state index in [1.54, 1.807) is 30.4 Å². The van der Waals surface area contributed by atoms with Crippen LogP contribution in [-0.2, 0) is 29.6 Å². The maximum atomic E-state index is 13.9. The number of hydrogen-bond acceptors (Lipinski definition) is 9. The third kappa shape index (κ3) is 9.25. The highest BCUT2D eigenvalue weighted by Gasteiger charge is 2.31. The average molecular weight is 814 g/mol. The van der Waals surface area contributed by atoms with Crippen molar-refractivity contribution in [1.82, 2.24) is 4.31 Å². The summed E-state index contributed by atoms with van der Waals surface area (Å²) in [5.74, 6) is 0.191. The number of anilines is 2. The zero-order valence-corrected chi connectivity index (χ0v) is 35.1. The highest BCUT2D eigenvalue weighted by molar-refractivity contribution is 7.93. The zero-order chi connectivity index (χ0) is 41.1. The van der Waals surface area contributed by atoms with Crippen molar-refractivity contribution in [1.29, 1.82) is 0 Å². The molecule has 0 radical (unpaired) electrons. The topological polar surface area (TPSA) is 148 Å². The summed E-state index contributed by atoms with van der Waals surface area (Å²) in [5, 5.41) is 4.79. The molecule has 2 aliphatic carbocycles. The van der Waals surface area contributed by atoms with Crippen LogP contribution >= 0.6 is 0 Å². The molecule has 2 unspecified atom stereocenters. The molecule has 3 aromatic rings. The highest BCUT2D eigenvalue weighted by Crippen LogP contribution is 2.43. The summed E-state index contributed by atoms with van der Waals surface area (Å²) in [4.78, 5) is 5.08. The van der Waals surface area contributed by atoms with Crippen molar-refractivity contribution in [2.45, 2.75) is 59.4 Å². The van der Waals surface area contributed by atoms with Gasteiger partial charge in [-0.25, -0.2) is 8.42 Å². The van der Waals surface area contributed by atoms with Gasteiger partial charge in [-0.05, 0) is 94.7 Å². The van der Waals surface area contributed by atoms with Crippen LogP contribution in [0.3, 0.4) is 0 Å². The lowest BCUT2D eigenvalue weighted by atomic mass is 9.91. The fraction of sp³-hybridized carbons (Fsp3) is 0.341. The van der Waals surface area contributed by atoms with E-state index < -0.39 is 20.1 Å². The molecule has 2 atom stereocenters. The number of ether oxygens (including phenoxy) is 2. The number of nitrogens with one attached hydrogen (secondary N) is 1. The van der Waals surface area contributed by atoms with E-state index in [4.69, 9.17) is 18.9 Å². The van der Waals surface area contributed by atoms with Crippen LogP contribution in [0.4, 0.5) is 11.4 Å². The van der Waals surface area contributed by atoms with Crippen LogP contribution in [0.2, 0.25) is 0 Å². The number of aryl methyl sites for hydroxylation is 3. The molecule has 0 amide bonds. The summed E-state index contributed by atoms with van der Waals surface area (Å²) in [6, 6.07) is 21.4. The molecule has 0 bridgehead atoms. The molecule has 2 N–H and O–H groups in total. The molecule has 0 spiro atoms. The summed E-state index contributed by atoms with van der Waals surface area (Å²) < 4.78 is 82.4. The second-order valence-corrected chi connectivity index (χ2v) is 17.8. The molecular formula is C44H51N3O8S2. The Balaban J connectivity index is 1.44. The molecule has 3 aromatic carbocycles. The molecule has 1 heterocycles. The second kappa shape index (κ2) is 17.5. The van der Waals surface area contributed by atoms with Gasteiger partial charge in [0.1, 0.15) is 16.2 Å². The molecular weight excluding hydrogens is 763 g/mol. The van der Waals surface area contributed by atoms with Crippen LogP contribution in [-0.4, -0.2) is 71.3 Å². The van der Waals surface area contributed by atoms with E-state index in [2.05, 4.69) is 38.2 Å². The van der Waals surface area contributed by atoms with E-state index in [0.29, 0.717) is 52.0 Å². The van der Waals surface area contributed by atoms with Crippen molar-refractivity contribution < 1.29 is 35.3 Å². The zero-order valence-electron chi connectivity index (χ0n) is 33.5. The number of fused-ring (bicyclic) bond motifs is 2. The van der Waals surface area contributed by atoms with Gasteiger partial charge < -0.3 is 19.2 Å². The predicted molar refractivity (Wildman–Crippen MR) is 226 cm³/mol. The minimum Gasteiger partial charge on any atom is -0.456 e. The summed E-state index contributed by atoms with van der Waals surface area (Å²) >= 11 is 0. The Hall–Kier alpha value is -4.63. The first kappa shape index (κ1) is 42.0. The van der Waals surface area contributed by atoms with Gasteiger partial charge in [0, 0.05) is 77.8 Å². The third-order valence-electron chi connectivity index (χ3n) is 10.2. The quantitative estimate of drug-likeness (QED) is 0.0603. The number of sulfonamides is 1. The SMILES string of the molecule is CCOCCN(CCOCC)S(=O)(=O)C1=CC(C)C(/N=c2\ccc3c(-c4ccccc4S(=O)(=O)O)c4ccc(Nc5c(C)cc(C)cc5C)cc4oc-3c2)C(C)=C1. The Kier molecular flexibility index (Phi) is 12.9. The van der Waals surface area contributed by atoms with Gasteiger partial charge in [-0.3, -0.25) is 9.55 Å². The smallest absolute Gasteiger partial charge is 0.295 e. The van der Waals surface area contributed by atoms with Gasteiger partial charge in [0.25, 0.3) is 10.1 Å². The van der Waals surface area contributed by atoms with E-state index in [1.807, 2.05) is 64.1 Å². The Morgan fingerprint density at radius 1 is 0.842 bits per heavy atom. The van der Waals surface area contributed by atoms with Crippen LogP contribution in [0.5, 0.6) is 0 Å². The van der Waals surface area contributed by atoms with Crippen molar-refractivity contribution in [3.05, 3.63) is 117 Å². The maximum absolute atomic E-state index is 13.9. The molecule has 11 nitrogen and oxygen atoms in total. The summed E-state index contributed by atoms with van der Waals surface area (Å²) in [6.07, 6.45) is 3.44. The molecule has 302 valence electrons. The van der Waals surface area contributed by atoms with Crippen molar-refractivity contribution >= 4 is 42.5 Å². The van der Waals surface area contributed by atoms with Gasteiger partial charge in [-0.1, -0.05) is 48.9 Å². The standard InChI is InChI=1S/C44H51N3O8S2/c1-8-53-20-18-47(19-21-54-9-2)56(48,49)35-24-31(6)44(32(7)25-35)46-34-15-17-37-40(27-34)55-39-26-33(45-43-29(4)22-28(3)23-30(43)5)14-16-36(39)42(37)38-12-10-11-13-41(38)57(50,51)52/h10-17,22-27,31,44-45H,8-9,18-21H2,1-7H3,(H,50,51,52)/b46-34+.